The van der Waals surface area contributed by atoms with Crippen LogP contribution in [0.5, 0.6) is 5.75 Å². The van der Waals surface area contributed by atoms with E-state index in [2.05, 4.69) is 15.5 Å². The van der Waals surface area contributed by atoms with Gasteiger partial charge in [-0.3, -0.25) is 14.9 Å². The molecule has 0 aliphatic heterocycles. The molecular formula is C14H15FN4O3S2. The van der Waals surface area contributed by atoms with Crippen LogP contribution in [0.15, 0.2) is 22.5 Å². The molecule has 2 aromatic rings. The molecule has 24 heavy (non-hydrogen) atoms. The SMILES string of the molecule is COc1ccc(C(=O)Nc2nnc(SCC(=O)N(C)C)s2)c(F)c1. The summed E-state index contributed by atoms with van der Waals surface area (Å²) < 4.78 is 19.3. The third-order valence-electron chi connectivity index (χ3n) is 2.87. The quantitative estimate of drug-likeness (QED) is 0.619. The Balaban J connectivity index is 1.99. The van der Waals surface area contributed by atoms with Gasteiger partial charge in [-0.25, -0.2) is 4.39 Å². The van der Waals surface area contributed by atoms with Crippen molar-refractivity contribution in [1.29, 1.82) is 0 Å². The first-order chi connectivity index (χ1) is 11.4. The van der Waals surface area contributed by atoms with Crippen LogP contribution in [0, 0.1) is 5.82 Å². The minimum Gasteiger partial charge on any atom is -0.497 e. The standard InChI is InChI=1S/C14H15FN4O3S2/c1-19(2)11(20)7-23-14-18-17-13(24-14)16-12(21)9-5-4-8(22-3)6-10(9)15/h4-6H,7H2,1-3H3,(H,16,17,21). The molecule has 0 fully saturated rings. The highest BCUT2D eigenvalue weighted by Crippen LogP contribution is 2.26. The summed E-state index contributed by atoms with van der Waals surface area (Å²) in [4.78, 5) is 25.1. The lowest BCUT2D eigenvalue weighted by Crippen LogP contribution is -2.23. The lowest BCUT2D eigenvalue weighted by atomic mass is 10.2. The third-order valence-corrected chi connectivity index (χ3v) is 4.82. The molecule has 1 heterocycles. The molecule has 0 atom stereocenters. The monoisotopic (exact) mass is 370 g/mol. The van der Waals surface area contributed by atoms with Crippen molar-refractivity contribution in [3.8, 4) is 5.75 Å². The number of rotatable bonds is 6. The van der Waals surface area contributed by atoms with E-state index in [1.165, 1.54) is 35.9 Å². The number of aromatic nitrogens is 2. The van der Waals surface area contributed by atoms with Crippen LogP contribution in [-0.2, 0) is 4.79 Å². The Morgan fingerprint density at radius 3 is 2.75 bits per heavy atom. The van der Waals surface area contributed by atoms with Crippen LogP contribution in [0.3, 0.4) is 0 Å². The number of thioether (sulfide) groups is 1. The Morgan fingerprint density at radius 2 is 2.12 bits per heavy atom. The van der Waals surface area contributed by atoms with Crippen LogP contribution < -0.4 is 10.1 Å². The first-order valence-electron chi connectivity index (χ1n) is 6.72. The number of ether oxygens (including phenoxy) is 1. The minimum atomic E-state index is -0.692. The number of carbonyl (C=O) groups is 2. The van der Waals surface area contributed by atoms with Crippen molar-refractivity contribution in [2.75, 3.05) is 32.3 Å². The normalized spacial score (nSPS) is 10.3. The Morgan fingerprint density at radius 1 is 1.38 bits per heavy atom. The van der Waals surface area contributed by atoms with E-state index >= 15 is 0 Å². The van der Waals surface area contributed by atoms with Gasteiger partial charge in [-0.1, -0.05) is 23.1 Å². The number of nitrogens with one attached hydrogen (secondary N) is 1. The number of methoxy groups -OCH3 is 1. The number of halogens is 1. The summed E-state index contributed by atoms with van der Waals surface area (Å²) in [6.45, 7) is 0. The molecule has 0 bridgehead atoms. The van der Waals surface area contributed by atoms with E-state index in [4.69, 9.17) is 4.74 Å². The van der Waals surface area contributed by atoms with Crippen LogP contribution in [-0.4, -0.2) is 53.9 Å². The molecule has 0 aliphatic carbocycles. The van der Waals surface area contributed by atoms with Crippen LogP contribution in [0.1, 0.15) is 10.4 Å². The predicted octanol–water partition coefficient (Wildman–Crippen LogP) is 2.12. The van der Waals surface area contributed by atoms with Gasteiger partial charge in [-0.2, -0.15) is 0 Å². The maximum atomic E-state index is 13.9. The van der Waals surface area contributed by atoms with Gasteiger partial charge in [-0.05, 0) is 12.1 Å². The Labute approximate surface area is 146 Å². The zero-order valence-electron chi connectivity index (χ0n) is 13.2. The molecule has 2 rings (SSSR count). The molecule has 7 nitrogen and oxygen atoms in total. The lowest BCUT2D eigenvalue weighted by Gasteiger charge is -2.07. The summed E-state index contributed by atoms with van der Waals surface area (Å²) in [5, 5.41) is 10.4. The molecule has 1 N–H and O–H groups in total. The molecule has 128 valence electrons. The molecule has 1 aromatic carbocycles. The average Bonchev–Trinajstić information content (AvgIpc) is 2.99. The number of amides is 2. The molecule has 0 unspecified atom stereocenters. The lowest BCUT2D eigenvalue weighted by molar-refractivity contribution is -0.125. The summed E-state index contributed by atoms with van der Waals surface area (Å²) >= 11 is 2.33. The Hall–Kier alpha value is -2.20. The number of hydrogen-bond acceptors (Lipinski definition) is 7. The van der Waals surface area contributed by atoms with E-state index in [0.717, 1.165) is 17.4 Å². The molecule has 0 spiro atoms. The van der Waals surface area contributed by atoms with Gasteiger partial charge in [0.05, 0.1) is 18.4 Å². The second-order valence-electron chi connectivity index (χ2n) is 4.75. The molecule has 0 radical (unpaired) electrons. The molecule has 0 aliphatic rings. The minimum absolute atomic E-state index is 0.0545. The van der Waals surface area contributed by atoms with Gasteiger partial charge in [0, 0.05) is 20.2 Å². The van der Waals surface area contributed by atoms with Crippen LogP contribution in [0.4, 0.5) is 9.52 Å². The van der Waals surface area contributed by atoms with E-state index in [1.54, 1.807) is 14.1 Å². The van der Waals surface area contributed by atoms with Crippen molar-refractivity contribution in [3.63, 3.8) is 0 Å². The first kappa shape index (κ1) is 18.1. The summed E-state index contributed by atoms with van der Waals surface area (Å²) in [7, 11) is 4.74. The Bertz CT molecular complexity index is 751. The maximum Gasteiger partial charge on any atom is 0.260 e. The summed E-state index contributed by atoms with van der Waals surface area (Å²) in [5.41, 5.74) is -0.122. The number of hydrogen-bond donors (Lipinski definition) is 1. The fraction of sp³-hybridized carbons (Fsp3) is 0.286. The highest BCUT2D eigenvalue weighted by molar-refractivity contribution is 8.01. The van der Waals surface area contributed by atoms with Gasteiger partial charge >= 0.3 is 0 Å². The predicted molar refractivity (Wildman–Crippen MR) is 90.2 cm³/mol. The van der Waals surface area contributed by atoms with Gasteiger partial charge in [0.15, 0.2) is 4.34 Å². The molecule has 10 heteroatoms. The van der Waals surface area contributed by atoms with Crippen molar-refractivity contribution in [2.45, 2.75) is 4.34 Å². The van der Waals surface area contributed by atoms with Crippen LogP contribution in [0.2, 0.25) is 0 Å². The Kier molecular flexibility index (Phi) is 6.10. The average molecular weight is 370 g/mol. The number of benzene rings is 1. The zero-order valence-corrected chi connectivity index (χ0v) is 14.8. The number of nitrogens with zero attached hydrogens (tertiary/aromatic N) is 3. The van der Waals surface area contributed by atoms with Gasteiger partial charge in [-0.15, -0.1) is 10.2 Å². The van der Waals surface area contributed by atoms with E-state index < -0.39 is 11.7 Å². The van der Waals surface area contributed by atoms with Crippen LogP contribution in [0.25, 0.3) is 0 Å². The largest absolute Gasteiger partial charge is 0.497 e. The van der Waals surface area contributed by atoms with E-state index in [0.29, 0.717) is 10.1 Å². The third kappa shape index (κ3) is 4.65. The van der Waals surface area contributed by atoms with Gasteiger partial charge in [0.2, 0.25) is 11.0 Å². The number of anilines is 1. The fourth-order valence-corrected chi connectivity index (χ4v) is 3.27. The first-order valence-corrected chi connectivity index (χ1v) is 8.52. The smallest absolute Gasteiger partial charge is 0.260 e. The molecule has 2 amide bonds. The second kappa shape index (κ2) is 8.06. The molecule has 0 saturated carbocycles. The summed E-state index contributed by atoms with van der Waals surface area (Å²) in [6.07, 6.45) is 0. The van der Waals surface area contributed by atoms with E-state index in [1.807, 2.05) is 0 Å². The highest BCUT2D eigenvalue weighted by atomic mass is 32.2. The molecule has 0 saturated heterocycles. The highest BCUT2D eigenvalue weighted by Gasteiger charge is 2.16. The summed E-state index contributed by atoms with van der Waals surface area (Å²) in [5.74, 6) is -0.831. The van der Waals surface area contributed by atoms with Crippen molar-refractivity contribution < 1.29 is 18.7 Å². The van der Waals surface area contributed by atoms with Crippen molar-refractivity contribution in [1.82, 2.24) is 15.1 Å². The zero-order chi connectivity index (χ0) is 17.7. The van der Waals surface area contributed by atoms with E-state index in [9.17, 15) is 14.0 Å². The van der Waals surface area contributed by atoms with Crippen molar-refractivity contribution >= 4 is 40.0 Å². The summed E-state index contributed by atoms with van der Waals surface area (Å²) in [6, 6.07) is 3.95. The van der Waals surface area contributed by atoms with Gasteiger partial charge in [0.25, 0.3) is 5.91 Å². The molecule has 1 aromatic heterocycles. The van der Waals surface area contributed by atoms with Crippen LogP contribution >= 0.6 is 23.1 Å². The van der Waals surface area contributed by atoms with E-state index in [-0.39, 0.29) is 22.4 Å². The fourth-order valence-electron chi connectivity index (χ4n) is 1.54. The topological polar surface area (TPSA) is 84.4 Å². The van der Waals surface area contributed by atoms with Gasteiger partial charge < -0.3 is 9.64 Å². The maximum absolute atomic E-state index is 13.9. The molecular weight excluding hydrogens is 355 g/mol. The van der Waals surface area contributed by atoms with Crippen molar-refractivity contribution in [2.24, 2.45) is 0 Å². The van der Waals surface area contributed by atoms with Crippen molar-refractivity contribution in [3.05, 3.63) is 29.6 Å². The number of carbonyl (C=O) groups excluding carboxylic acids is 2. The second-order valence-corrected chi connectivity index (χ2v) is 6.95. The van der Waals surface area contributed by atoms with Gasteiger partial charge in [0.1, 0.15) is 11.6 Å².